The van der Waals surface area contributed by atoms with E-state index in [0.717, 1.165) is 12.0 Å². The predicted molar refractivity (Wildman–Crippen MR) is 114 cm³/mol. The lowest BCUT2D eigenvalue weighted by molar-refractivity contribution is 0.122. The molecule has 0 aliphatic carbocycles. The Kier molecular flexibility index (Phi) is 5.36. The lowest BCUT2D eigenvalue weighted by atomic mass is 10.1. The largest absolute Gasteiger partial charge is 0.378 e. The number of halogens is 1. The maximum atomic E-state index is 14.2. The van der Waals surface area contributed by atoms with E-state index in [1.807, 2.05) is 23.2 Å². The lowest BCUT2D eigenvalue weighted by Crippen LogP contribution is -2.37. The monoisotopic (exact) mass is 420 g/mol. The quantitative estimate of drug-likeness (QED) is 0.490. The first kappa shape index (κ1) is 19.3. The molecule has 0 amide bonds. The van der Waals surface area contributed by atoms with Gasteiger partial charge in [0.2, 0.25) is 11.9 Å². The standard InChI is InChI=1S/C21H21FN8O/c22-15-10-16(18-17(11-15)25-13-26-18)19-27-20(24-5-3-14-2-1-4-23-12-14)29-21(28-19)30-6-8-31-9-7-30/h1-2,4,10-13H,3,5-9H2,(H,25,26)(H,24,27,28,29). The van der Waals surface area contributed by atoms with Crippen LogP contribution in [0.25, 0.3) is 22.4 Å². The van der Waals surface area contributed by atoms with Crippen LogP contribution in [-0.4, -0.2) is 62.8 Å². The molecule has 2 N–H and O–H groups in total. The maximum Gasteiger partial charge on any atom is 0.230 e. The zero-order valence-electron chi connectivity index (χ0n) is 16.8. The summed E-state index contributed by atoms with van der Waals surface area (Å²) in [5, 5.41) is 3.27. The molecule has 0 saturated carbocycles. The highest BCUT2D eigenvalue weighted by Crippen LogP contribution is 2.27. The third kappa shape index (κ3) is 4.29. The van der Waals surface area contributed by atoms with E-state index in [0.29, 0.717) is 67.2 Å². The van der Waals surface area contributed by atoms with E-state index in [1.165, 1.54) is 18.5 Å². The summed E-state index contributed by atoms with van der Waals surface area (Å²) in [6.07, 6.45) is 5.88. The highest BCUT2D eigenvalue weighted by molar-refractivity contribution is 5.90. The number of nitrogens with one attached hydrogen (secondary N) is 2. The number of anilines is 2. The van der Waals surface area contributed by atoms with Crippen molar-refractivity contribution < 1.29 is 9.13 Å². The fourth-order valence-electron chi connectivity index (χ4n) is 3.52. The van der Waals surface area contributed by atoms with Gasteiger partial charge in [0.25, 0.3) is 0 Å². The van der Waals surface area contributed by atoms with Gasteiger partial charge < -0.3 is 19.9 Å². The minimum absolute atomic E-state index is 0.372. The van der Waals surface area contributed by atoms with Crippen LogP contribution in [0.1, 0.15) is 5.56 Å². The van der Waals surface area contributed by atoms with Gasteiger partial charge in [0, 0.05) is 32.0 Å². The van der Waals surface area contributed by atoms with Crippen molar-refractivity contribution >= 4 is 22.9 Å². The van der Waals surface area contributed by atoms with Gasteiger partial charge in [0.1, 0.15) is 5.82 Å². The van der Waals surface area contributed by atoms with Crippen molar-refractivity contribution in [2.75, 3.05) is 43.1 Å². The number of morpholine rings is 1. The first-order chi connectivity index (χ1) is 15.3. The number of pyridine rings is 1. The Morgan fingerprint density at radius 2 is 2.06 bits per heavy atom. The Balaban J connectivity index is 1.49. The second-order valence-corrected chi connectivity index (χ2v) is 7.17. The Hall–Kier alpha value is -3.66. The molecule has 1 saturated heterocycles. The Bertz CT molecular complexity index is 1180. The first-order valence-electron chi connectivity index (χ1n) is 10.1. The predicted octanol–water partition coefficient (Wildman–Crippen LogP) is 2.44. The number of benzene rings is 1. The van der Waals surface area contributed by atoms with Gasteiger partial charge in [-0.1, -0.05) is 6.07 Å². The summed E-state index contributed by atoms with van der Waals surface area (Å²) in [6.45, 7) is 3.19. The second-order valence-electron chi connectivity index (χ2n) is 7.17. The molecular formula is C21H21FN8O. The van der Waals surface area contributed by atoms with Crippen LogP contribution < -0.4 is 10.2 Å². The van der Waals surface area contributed by atoms with E-state index in [2.05, 4.69) is 35.2 Å². The molecule has 1 fully saturated rings. The first-order valence-corrected chi connectivity index (χ1v) is 10.1. The molecule has 4 heterocycles. The summed E-state index contributed by atoms with van der Waals surface area (Å²) in [7, 11) is 0. The van der Waals surface area contributed by atoms with E-state index < -0.39 is 0 Å². The van der Waals surface area contributed by atoms with Crippen LogP contribution in [0, 0.1) is 5.82 Å². The summed E-state index contributed by atoms with van der Waals surface area (Å²) < 4.78 is 19.7. The molecular weight excluding hydrogens is 399 g/mol. The lowest BCUT2D eigenvalue weighted by Gasteiger charge is -2.27. The molecule has 0 radical (unpaired) electrons. The number of aromatic amines is 1. The van der Waals surface area contributed by atoms with Crippen molar-refractivity contribution in [2.45, 2.75) is 6.42 Å². The van der Waals surface area contributed by atoms with Crippen molar-refractivity contribution in [1.82, 2.24) is 29.9 Å². The fraction of sp³-hybridized carbons (Fsp3) is 0.286. The third-order valence-electron chi connectivity index (χ3n) is 5.07. The van der Waals surface area contributed by atoms with E-state index in [9.17, 15) is 4.39 Å². The summed E-state index contributed by atoms with van der Waals surface area (Å²) in [5.41, 5.74) is 2.83. The number of hydrogen-bond donors (Lipinski definition) is 2. The summed E-state index contributed by atoms with van der Waals surface area (Å²) >= 11 is 0. The average Bonchev–Trinajstić information content (AvgIpc) is 3.28. The van der Waals surface area contributed by atoms with E-state index in [4.69, 9.17) is 4.74 Å². The van der Waals surface area contributed by atoms with Gasteiger partial charge in [-0.2, -0.15) is 15.0 Å². The molecule has 4 aromatic rings. The summed E-state index contributed by atoms with van der Waals surface area (Å²) in [4.78, 5) is 27.3. The van der Waals surface area contributed by atoms with Crippen LogP contribution in [0.5, 0.6) is 0 Å². The van der Waals surface area contributed by atoms with E-state index >= 15 is 0 Å². The molecule has 10 heteroatoms. The number of imidazole rings is 1. The van der Waals surface area contributed by atoms with Crippen LogP contribution in [0.4, 0.5) is 16.3 Å². The molecule has 158 valence electrons. The Morgan fingerprint density at radius 3 is 2.90 bits per heavy atom. The fourth-order valence-corrected chi connectivity index (χ4v) is 3.52. The third-order valence-corrected chi connectivity index (χ3v) is 5.07. The van der Waals surface area contributed by atoms with Crippen molar-refractivity contribution in [3.05, 3.63) is 54.4 Å². The second kappa shape index (κ2) is 8.60. The number of aromatic nitrogens is 6. The minimum Gasteiger partial charge on any atom is -0.378 e. The van der Waals surface area contributed by atoms with E-state index in [1.54, 1.807) is 6.20 Å². The van der Waals surface area contributed by atoms with E-state index in [-0.39, 0.29) is 5.82 Å². The van der Waals surface area contributed by atoms with Crippen molar-refractivity contribution in [2.24, 2.45) is 0 Å². The molecule has 0 spiro atoms. The topological polar surface area (TPSA) is 105 Å². The SMILES string of the molecule is Fc1cc(-c2nc(NCCc3cccnc3)nc(N3CCOCC3)n2)c2nc[nH]c2c1. The van der Waals surface area contributed by atoms with Gasteiger partial charge in [-0.15, -0.1) is 0 Å². The van der Waals surface area contributed by atoms with Gasteiger partial charge in [-0.3, -0.25) is 4.98 Å². The van der Waals surface area contributed by atoms with Crippen molar-refractivity contribution in [3.8, 4) is 11.4 Å². The maximum absolute atomic E-state index is 14.2. The number of rotatable bonds is 6. The van der Waals surface area contributed by atoms with Gasteiger partial charge in [0.05, 0.1) is 36.1 Å². The number of ether oxygens (including phenoxy) is 1. The van der Waals surface area contributed by atoms with Crippen LogP contribution in [0.3, 0.4) is 0 Å². The zero-order chi connectivity index (χ0) is 21.0. The smallest absolute Gasteiger partial charge is 0.230 e. The van der Waals surface area contributed by atoms with Crippen molar-refractivity contribution in [3.63, 3.8) is 0 Å². The molecule has 1 aliphatic rings. The van der Waals surface area contributed by atoms with Gasteiger partial charge in [-0.25, -0.2) is 9.37 Å². The minimum atomic E-state index is -0.383. The Morgan fingerprint density at radius 1 is 1.16 bits per heavy atom. The molecule has 3 aromatic heterocycles. The highest BCUT2D eigenvalue weighted by Gasteiger charge is 2.19. The number of nitrogens with zero attached hydrogens (tertiary/aromatic N) is 6. The molecule has 9 nitrogen and oxygen atoms in total. The number of hydrogen-bond acceptors (Lipinski definition) is 8. The molecule has 31 heavy (non-hydrogen) atoms. The Labute approximate surface area is 177 Å². The summed E-state index contributed by atoms with van der Waals surface area (Å²) in [5.74, 6) is 0.955. The van der Waals surface area contributed by atoms with Crippen LogP contribution in [0.2, 0.25) is 0 Å². The zero-order valence-corrected chi connectivity index (χ0v) is 16.8. The highest BCUT2D eigenvalue weighted by atomic mass is 19.1. The van der Waals surface area contributed by atoms with Gasteiger partial charge in [0.15, 0.2) is 5.82 Å². The molecule has 5 rings (SSSR count). The molecule has 0 bridgehead atoms. The summed E-state index contributed by atoms with van der Waals surface area (Å²) in [6, 6.07) is 6.74. The molecule has 0 atom stereocenters. The molecule has 1 aliphatic heterocycles. The molecule has 0 unspecified atom stereocenters. The van der Waals surface area contributed by atoms with Gasteiger partial charge >= 0.3 is 0 Å². The van der Waals surface area contributed by atoms with Gasteiger partial charge in [-0.05, 0) is 30.2 Å². The van der Waals surface area contributed by atoms with Crippen LogP contribution >= 0.6 is 0 Å². The van der Waals surface area contributed by atoms with Crippen molar-refractivity contribution in [1.29, 1.82) is 0 Å². The average molecular weight is 420 g/mol. The molecule has 1 aromatic carbocycles. The number of H-pyrrole nitrogens is 1. The number of fused-ring (bicyclic) bond motifs is 1. The normalized spacial score (nSPS) is 14.2. The van der Waals surface area contributed by atoms with Crippen LogP contribution in [-0.2, 0) is 11.2 Å². The van der Waals surface area contributed by atoms with Crippen LogP contribution in [0.15, 0.2) is 43.0 Å².